The van der Waals surface area contributed by atoms with E-state index >= 15 is 0 Å². The van der Waals surface area contributed by atoms with E-state index in [0.717, 1.165) is 28.1 Å². The Kier molecular flexibility index (Phi) is 3.73. The Morgan fingerprint density at radius 2 is 1.08 bits per heavy atom. The zero-order valence-corrected chi connectivity index (χ0v) is 12.7. The first-order chi connectivity index (χ1) is 11.9. The highest BCUT2D eigenvalue weighted by atomic mass is 15.0. The minimum atomic E-state index is 0.625. The fourth-order valence-electron chi connectivity index (χ4n) is 2.51. The van der Waals surface area contributed by atoms with Crippen molar-refractivity contribution in [3.63, 3.8) is 0 Å². The molecule has 5 heteroatoms. The summed E-state index contributed by atoms with van der Waals surface area (Å²) >= 11 is 0. The third-order valence-corrected chi connectivity index (χ3v) is 3.61. The van der Waals surface area contributed by atoms with Crippen molar-refractivity contribution < 1.29 is 0 Å². The lowest BCUT2D eigenvalue weighted by atomic mass is 10.0. The Morgan fingerprint density at radius 1 is 0.542 bits per heavy atom. The highest BCUT2D eigenvalue weighted by molar-refractivity contribution is 5.76. The highest BCUT2D eigenvalue weighted by Crippen LogP contribution is 2.29. The molecule has 3 aromatic heterocycles. The number of pyridine rings is 2. The van der Waals surface area contributed by atoms with E-state index in [1.807, 2.05) is 48.5 Å². The van der Waals surface area contributed by atoms with Crippen LogP contribution in [0.2, 0.25) is 0 Å². The molecule has 0 radical (unpaired) electrons. The second-order valence-corrected chi connectivity index (χ2v) is 5.19. The van der Waals surface area contributed by atoms with E-state index in [-0.39, 0.29) is 0 Å². The van der Waals surface area contributed by atoms with Crippen molar-refractivity contribution in [1.82, 2.24) is 24.9 Å². The fourth-order valence-corrected chi connectivity index (χ4v) is 2.51. The third kappa shape index (κ3) is 2.87. The van der Waals surface area contributed by atoms with Crippen LogP contribution < -0.4 is 0 Å². The first-order valence-electron chi connectivity index (χ1n) is 7.50. The largest absolute Gasteiger partial charge is 0.256 e. The van der Waals surface area contributed by atoms with Gasteiger partial charge in [-0.15, -0.1) is 0 Å². The molecule has 0 aliphatic carbocycles. The molecule has 0 spiro atoms. The second kappa shape index (κ2) is 6.34. The van der Waals surface area contributed by atoms with Crippen LogP contribution in [0.3, 0.4) is 0 Å². The Hall–Kier alpha value is -3.47. The van der Waals surface area contributed by atoms with Crippen molar-refractivity contribution in [2.24, 2.45) is 0 Å². The normalized spacial score (nSPS) is 10.5. The van der Waals surface area contributed by atoms with Crippen molar-refractivity contribution in [3.8, 4) is 33.9 Å². The van der Waals surface area contributed by atoms with Crippen molar-refractivity contribution in [2.45, 2.75) is 0 Å². The van der Waals surface area contributed by atoms with Crippen LogP contribution in [-0.4, -0.2) is 24.9 Å². The predicted octanol–water partition coefficient (Wildman–Crippen LogP) is 3.66. The summed E-state index contributed by atoms with van der Waals surface area (Å²) in [6, 6.07) is 17.8. The highest BCUT2D eigenvalue weighted by Gasteiger charge is 2.09. The van der Waals surface area contributed by atoms with E-state index in [1.165, 1.54) is 12.7 Å². The third-order valence-electron chi connectivity index (χ3n) is 3.61. The molecule has 5 nitrogen and oxygen atoms in total. The average Bonchev–Trinajstić information content (AvgIpc) is 2.70. The predicted molar refractivity (Wildman–Crippen MR) is 91.7 cm³/mol. The van der Waals surface area contributed by atoms with Crippen LogP contribution in [0.25, 0.3) is 33.9 Å². The Balaban J connectivity index is 1.92. The summed E-state index contributed by atoms with van der Waals surface area (Å²) in [4.78, 5) is 21.3. The van der Waals surface area contributed by atoms with Crippen LogP contribution in [0, 0.1) is 0 Å². The van der Waals surface area contributed by atoms with E-state index in [0.29, 0.717) is 5.82 Å². The minimum absolute atomic E-state index is 0.625. The van der Waals surface area contributed by atoms with Crippen LogP contribution in [0.5, 0.6) is 0 Å². The molecule has 0 N–H and O–H groups in total. The van der Waals surface area contributed by atoms with Crippen molar-refractivity contribution >= 4 is 0 Å². The summed E-state index contributed by atoms with van der Waals surface area (Å²) in [6.07, 6.45) is 6.56. The number of hydrogen-bond acceptors (Lipinski definition) is 5. The molecule has 114 valence electrons. The van der Waals surface area contributed by atoms with Crippen LogP contribution in [0.4, 0.5) is 0 Å². The summed E-state index contributed by atoms with van der Waals surface area (Å²) in [5.74, 6) is 0.625. The van der Waals surface area contributed by atoms with Gasteiger partial charge in [0.1, 0.15) is 12.7 Å². The van der Waals surface area contributed by atoms with Crippen molar-refractivity contribution in [2.75, 3.05) is 0 Å². The molecular formula is C19H13N5. The molecule has 0 saturated carbocycles. The molecule has 0 atom stereocenters. The molecule has 4 rings (SSSR count). The Labute approximate surface area is 139 Å². The maximum Gasteiger partial charge on any atom is 0.162 e. The molecule has 0 bridgehead atoms. The summed E-state index contributed by atoms with van der Waals surface area (Å²) in [7, 11) is 0. The van der Waals surface area contributed by atoms with E-state index in [2.05, 4.69) is 31.0 Å². The summed E-state index contributed by atoms with van der Waals surface area (Å²) < 4.78 is 0. The standard InChI is InChI=1S/C19H13N5/c1-3-7-21-17(5-1)14-9-15(18-6-2-4-8-22-18)11-16(10-14)19-23-12-20-13-24-19/h1-13H. The van der Waals surface area contributed by atoms with Gasteiger partial charge in [-0.05, 0) is 42.5 Å². The molecule has 0 aliphatic heterocycles. The smallest absolute Gasteiger partial charge is 0.162 e. The van der Waals surface area contributed by atoms with Crippen LogP contribution in [-0.2, 0) is 0 Å². The molecule has 0 saturated heterocycles. The van der Waals surface area contributed by atoms with Gasteiger partial charge in [-0.1, -0.05) is 12.1 Å². The SMILES string of the molecule is c1ccc(-c2cc(-c3ccccn3)cc(-c3ncncn3)c2)nc1. The van der Waals surface area contributed by atoms with Gasteiger partial charge in [0.15, 0.2) is 5.82 Å². The topological polar surface area (TPSA) is 64.5 Å². The molecule has 0 fully saturated rings. The molecule has 1 aromatic carbocycles. The van der Waals surface area contributed by atoms with Gasteiger partial charge in [0.2, 0.25) is 0 Å². The van der Waals surface area contributed by atoms with E-state index in [4.69, 9.17) is 0 Å². The molecule has 0 amide bonds. The van der Waals surface area contributed by atoms with E-state index < -0.39 is 0 Å². The quantitative estimate of drug-likeness (QED) is 0.577. The van der Waals surface area contributed by atoms with E-state index in [9.17, 15) is 0 Å². The van der Waals surface area contributed by atoms with Crippen molar-refractivity contribution in [3.05, 3.63) is 79.6 Å². The minimum Gasteiger partial charge on any atom is -0.256 e. The number of aromatic nitrogens is 5. The van der Waals surface area contributed by atoms with Crippen molar-refractivity contribution in [1.29, 1.82) is 0 Å². The summed E-state index contributed by atoms with van der Waals surface area (Å²) in [6.45, 7) is 0. The second-order valence-electron chi connectivity index (χ2n) is 5.19. The van der Waals surface area contributed by atoms with E-state index in [1.54, 1.807) is 12.4 Å². The van der Waals surface area contributed by atoms with Gasteiger partial charge in [0, 0.05) is 29.1 Å². The molecule has 3 heterocycles. The monoisotopic (exact) mass is 311 g/mol. The van der Waals surface area contributed by atoms with Crippen LogP contribution in [0.1, 0.15) is 0 Å². The first kappa shape index (κ1) is 14.1. The maximum atomic E-state index is 4.44. The van der Waals surface area contributed by atoms with Gasteiger partial charge in [0.05, 0.1) is 11.4 Å². The van der Waals surface area contributed by atoms with Gasteiger partial charge >= 0.3 is 0 Å². The van der Waals surface area contributed by atoms with Crippen LogP contribution >= 0.6 is 0 Å². The zero-order valence-electron chi connectivity index (χ0n) is 12.7. The van der Waals surface area contributed by atoms with Gasteiger partial charge in [0.25, 0.3) is 0 Å². The van der Waals surface area contributed by atoms with Gasteiger partial charge in [-0.3, -0.25) is 9.97 Å². The lowest BCUT2D eigenvalue weighted by Gasteiger charge is -2.09. The lowest BCUT2D eigenvalue weighted by Crippen LogP contribution is -1.92. The van der Waals surface area contributed by atoms with Gasteiger partial charge < -0.3 is 0 Å². The molecule has 0 aliphatic rings. The average molecular weight is 311 g/mol. The van der Waals surface area contributed by atoms with Gasteiger partial charge in [-0.25, -0.2) is 15.0 Å². The number of rotatable bonds is 3. The lowest BCUT2D eigenvalue weighted by molar-refractivity contribution is 1.06. The Bertz CT molecular complexity index is 801. The van der Waals surface area contributed by atoms with Crippen LogP contribution in [0.15, 0.2) is 79.6 Å². The Morgan fingerprint density at radius 3 is 1.58 bits per heavy atom. The number of hydrogen-bond donors (Lipinski definition) is 0. The summed E-state index contributed by atoms with van der Waals surface area (Å²) in [5, 5.41) is 0. The zero-order chi connectivity index (χ0) is 16.2. The first-order valence-corrected chi connectivity index (χ1v) is 7.50. The molecule has 0 unspecified atom stereocenters. The fraction of sp³-hybridized carbons (Fsp3) is 0. The molecule has 4 aromatic rings. The molecular weight excluding hydrogens is 298 g/mol. The van der Waals surface area contributed by atoms with Gasteiger partial charge in [-0.2, -0.15) is 0 Å². The number of nitrogens with zero attached hydrogens (tertiary/aromatic N) is 5. The summed E-state index contributed by atoms with van der Waals surface area (Å²) in [5.41, 5.74) is 4.68. The maximum absolute atomic E-state index is 4.44. The number of benzene rings is 1. The molecule has 24 heavy (non-hydrogen) atoms.